The van der Waals surface area contributed by atoms with E-state index in [9.17, 15) is 18.3 Å². The minimum Gasteiger partial charge on any atom is -0.502 e. The Bertz CT molecular complexity index is 690. The van der Waals surface area contributed by atoms with Gasteiger partial charge in [0.1, 0.15) is 5.76 Å². The van der Waals surface area contributed by atoms with E-state index < -0.39 is 15.6 Å². The number of nitrogens with zero attached hydrogens (tertiary/aromatic N) is 3. The lowest BCUT2D eigenvalue weighted by atomic mass is 10.2. The first-order valence-electron chi connectivity index (χ1n) is 6.94. The maximum Gasteiger partial charge on any atom is 0.281 e. The zero-order valence-corrected chi connectivity index (χ0v) is 13.8. The topological polar surface area (TPSA) is 94.3 Å². The third kappa shape index (κ3) is 3.49. The molecule has 0 spiro atoms. The zero-order chi connectivity index (χ0) is 16.5. The Labute approximate surface area is 129 Å². The van der Waals surface area contributed by atoms with E-state index in [1.54, 1.807) is 6.92 Å². The highest BCUT2D eigenvalue weighted by molar-refractivity contribution is 7.86. The van der Waals surface area contributed by atoms with Crippen LogP contribution in [0.2, 0.25) is 0 Å². The van der Waals surface area contributed by atoms with Crippen LogP contribution in [0.15, 0.2) is 15.3 Å². The highest BCUT2D eigenvalue weighted by Gasteiger charge is 2.29. The molecule has 0 amide bonds. The third-order valence-electron chi connectivity index (χ3n) is 3.60. The Kier molecular flexibility index (Phi) is 4.90. The lowest BCUT2D eigenvalue weighted by Gasteiger charge is -2.34. The lowest BCUT2D eigenvalue weighted by Crippen LogP contribution is -2.51. The molecule has 0 saturated carbocycles. The van der Waals surface area contributed by atoms with Crippen molar-refractivity contribution in [2.45, 2.75) is 13.5 Å². The van der Waals surface area contributed by atoms with Gasteiger partial charge in [0.05, 0.1) is 6.54 Å². The monoisotopic (exact) mass is 331 g/mol. The van der Waals surface area contributed by atoms with Crippen molar-refractivity contribution in [2.75, 3.05) is 40.3 Å². The summed E-state index contributed by atoms with van der Waals surface area (Å²) in [5.41, 5.74) is -0.465. The molecule has 1 fully saturated rings. The molecule has 8 nitrogen and oxygen atoms in total. The molecule has 1 saturated heterocycles. The van der Waals surface area contributed by atoms with Crippen LogP contribution >= 0.6 is 0 Å². The number of hydrogen-bond donors (Lipinski definition) is 1. The van der Waals surface area contributed by atoms with E-state index in [1.807, 2.05) is 4.90 Å². The van der Waals surface area contributed by atoms with Gasteiger partial charge in [0.25, 0.3) is 10.2 Å². The largest absolute Gasteiger partial charge is 0.502 e. The van der Waals surface area contributed by atoms with Crippen molar-refractivity contribution in [3.63, 3.8) is 0 Å². The van der Waals surface area contributed by atoms with E-state index in [2.05, 4.69) is 0 Å². The molecule has 0 bridgehead atoms. The first-order valence-corrected chi connectivity index (χ1v) is 8.34. The van der Waals surface area contributed by atoms with E-state index in [1.165, 1.54) is 28.8 Å². The van der Waals surface area contributed by atoms with Crippen molar-refractivity contribution in [3.05, 3.63) is 27.8 Å². The van der Waals surface area contributed by atoms with Crippen LogP contribution in [0.5, 0.6) is 5.75 Å². The van der Waals surface area contributed by atoms with Crippen LogP contribution in [0.25, 0.3) is 0 Å². The van der Waals surface area contributed by atoms with E-state index in [-0.39, 0.29) is 18.1 Å². The number of aromatic hydroxyl groups is 1. The molecule has 1 aliphatic heterocycles. The number of aryl methyl sites for hydroxylation is 1. The highest BCUT2D eigenvalue weighted by Crippen LogP contribution is 2.18. The minimum absolute atomic E-state index is 0.217. The van der Waals surface area contributed by atoms with Gasteiger partial charge in [-0.25, -0.2) is 0 Å². The standard InChI is InChI=1S/C13H21N3O5S/c1-10-8-11(17)13(18)12(21-10)9-15-4-6-16(7-5-15)22(19,20)14(2)3/h8,18H,4-7,9H2,1-3H3. The molecule has 0 radical (unpaired) electrons. The fourth-order valence-electron chi connectivity index (χ4n) is 2.32. The molecule has 124 valence electrons. The molecule has 0 atom stereocenters. The van der Waals surface area contributed by atoms with Gasteiger partial charge in [0, 0.05) is 46.3 Å². The van der Waals surface area contributed by atoms with Gasteiger partial charge < -0.3 is 9.52 Å². The molecule has 0 unspecified atom stereocenters. The first-order chi connectivity index (χ1) is 10.2. The Balaban J connectivity index is 2.03. The molecule has 1 N–H and O–H groups in total. The van der Waals surface area contributed by atoms with Crippen molar-refractivity contribution < 1.29 is 17.9 Å². The lowest BCUT2D eigenvalue weighted by molar-refractivity contribution is 0.162. The second-order valence-electron chi connectivity index (χ2n) is 5.46. The first kappa shape index (κ1) is 16.9. The SMILES string of the molecule is Cc1cc(=O)c(O)c(CN2CCN(S(=O)(=O)N(C)C)CC2)o1. The predicted molar refractivity (Wildman–Crippen MR) is 80.8 cm³/mol. The molecular formula is C13H21N3O5S. The molecule has 1 aromatic rings. The average Bonchev–Trinajstić information content (AvgIpc) is 2.44. The van der Waals surface area contributed by atoms with Crippen LogP contribution in [0.1, 0.15) is 11.5 Å². The summed E-state index contributed by atoms with van der Waals surface area (Å²) < 4.78 is 32.0. The average molecular weight is 331 g/mol. The van der Waals surface area contributed by atoms with Crippen molar-refractivity contribution in [1.29, 1.82) is 0 Å². The summed E-state index contributed by atoms with van der Waals surface area (Å²) in [6, 6.07) is 1.24. The fourth-order valence-corrected chi connectivity index (χ4v) is 3.41. The van der Waals surface area contributed by atoms with Crippen molar-refractivity contribution in [3.8, 4) is 5.75 Å². The molecule has 9 heteroatoms. The summed E-state index contributed by atoms with van der Waals surface area (Å²) in [7, 11) is -0.398. The van der Waals surface area contributed by atoms with Crippen LogP contribution in [0.3, 0.4) is 0 Å². The van der Waals surface area contributed by atoms with Crippen LogP contribution in [-0.4, -0.2) is 67.3 Å². The zero-order valence-electron chi connectivity index (χ0n) is 12.9. The summed E-state index contributed by atoms with van der Waals surface area (Å²) in [5, 5.41) is 9.76. The van der Waals surface area contributed by atoms with Gasteiger partial charge in [-0.3, -0.25) is 9.69 Å². The molecule has 2 rings (SSSR count). The summed E-state index contributed by atoms with van der Waals surface area (Å²) in [5.74, 6) is 0.273. The molecule has 0 aliphatic carbocycles. The van der Waals surface area contributed by atoms with E-state index >= 15 is 0 Å². The molecule has 22 heavy (non-hydrogen) atoms. The fraction of sp³-hybridized carbons (Fsp3) is 0.615. The highest BCUT2D eigenvalue weighted by atomic mass is 32.2. The second kappa shape index (κ2) is 6.37. The van der Waals surface area contributed by atoms with Gasteiger partial charge in [-0.05, 0) is 6.92 Å². The number of hydrogen-bond acceptors (Lipinski definition) is 6. The van der Waals surface area contributed by atoms with Gasteiger partial charge in [-0.1, -0.05) is 0 Å². The normalized spacial score (nSPS) is 18.0. The van der Waals surface area contributed by atoms with Gasteiger partial charge in [-0.15, -0.1) is 0 Å². The Morgan fingerprint density at radius 3 is 2.41 bits per heavy atom. The van der Waals surface area contributed by atoms with Gasteiger partial charge >= 0.3 is 0 Å². The number of piperazine rings is 1. The molecule has 2 heterocycles. The van der Waals surface area contributed by atoms with Crippen LogP contribution in [0.4, 0.5) is 0 Å². The van der Waals surface area contributed by atoms with Crippen molar-refractivity contribution in [2.24, 2.45) is 0 Å². The van der Waals surface area contributed by atoms with Crippen LogP contribution in [-0.2, 0) is 16.8 Å². The van der Waals surface area contributed by atoms with E-state index in [4.69, 9.17) is 4.42 Å². The van der Waals surface area contributed by atoms with Crippen molar-refractivity contribution >= 4 is 10.2 Å². The minimum atomic E-state index is -3.40. The molecule has 1 aliphatic rings. The molecule has 0 aromatic carbocycles. The Morgan fingerprint density at radius 1 is 1.27 bits per heavy atom. The summed E-state index contributed by atoms with van der Waals surface area (Å²) in [4.78, 5) is 13.5. The molecular weight excluding hydrogens is 310 g/mol. The Morgan fingerprint density at radius 2 is 1.86 bits per heavy atom. The van der Waals surface area contributed by atoms with Gasteiger partial charge in [-0.2, -0.15) is 17.0 Å². The van der Waals surface area contributed by atoms with E-state index in [0.29, 0.717) is 31.9 Å². The van der Waals surface area contributed by atoms with Gasteiger partial charge in [0.15, 0.2) is 5.76 Å². The quantitative estimate of drug-likeness (QED) is 0.805. The van der Waals surface area contributed by atoms with E-state index in [0.717, 1.165) is 0 Å². The van der Waals surface area contributed by atoms with Crippen LogP contribution in [0, 0.1) is 6.92 Å². The summed E-state index contributed by atoms with van der Waals surface area (Å²) in [6.45, 7) is 3.65. The number of rotatable bonds is 4. The summed E-state index contributed by atoms with van der Waals surface area (Å²) in [6.07, 6.45) is 0. The smallest absolute Gasteiger partial charge is 0.281 e. The predicted octanol–water partition coefficient (Wildman–Crippen LogP) is -0.422. The Hall–Kier alpha value is -1.42. The summed E-state index contributed by atoms with van der Waals surface area (Å²) >= 11 is 0. The van der Waals surface area contributed by atoms with Crippen LogP contribution < -0.4 is 5.43 Å². The maximum absolute atomic E-state index is 12.0. The third-order valence-corrected chi connectivity index (χ3v) is 5.54. The maximum atomic E-state index is 12.0. The van der Waals surface area contributed by atoms with Gasteiger partial charge in [0.2, 0.25) is 11.2 Å². The molecule has 1 aromatic heterocycles. The second-order valence-corrected chi connectivity index (χ2v) is 7.60. The van der Waals surface area contributed by atoms with Crippen molar-refractivity contribution in [1.82, 2.24) is 13.5 Å².